The average Bonchev–Trinajstić information content (AvgIpc) is 3.53. The molecule has 0 radical (unpaired) electrons. The largest absolute Gasteiger partial charge is 0.354 e. The number of aromatic nitrogens is 6. The molecule has 4 N–H and O–H groups in total. The van der Waals surface area contributed by atoms with Crippen LogP contribution in [0, 0.1) is 5.82 Å². The van der Waals surface area contributed by atoms with Crippen LogP contribution in [0.3, 0.4) is 0 Å². The zero-order valence-corrected chi connectivity index (χ0v) is 19.3. The maximum atomic E-state index is 13.6. The van der Waals surface area contributed by atoms with Crippen LogP contribution in [-0.2, 0) is 16.0 Å². The van der Waals surface area contributed by atoms with Gasteiger partial charge in [0.2, 0.25) is 12.2 Å². The molecule has 1 saturated heterocycles. The van der Waals surface area contributed by atoms with Gasteiger partial charge in [0.25, 0.3) is 0 Å². The molecule has 10 nitrogen and oxygen atoms in total. The Bertz CT molecular complexity index is 1250. The fourth-order valence-electron chi connectivity index (χ4n) is 3.75. The molecule has 0 unspecified atom stereocenters. The fraction of sp³-hybridized carbons (Fsp3) is 0.333. The number of H-pyrrole nitrogens is 1. The van der Waals surface area contributed by atoms with Crippen molar-refractivity contribution < 1.29 is 13.9 Å². The minimum atomic E-state index is -0.692. The Labute approximate surface area is 201 Å². The summed E-state index contributed by atoms with van der Waals surface area (Å²) in [5.41, 5.74) is 8.17. The number of hydrogen-bond donors (Lipinski definition) is 3. The lowest BCUT2D eigenvalue weighted by molar-refractivity contribution is -0.211. The molecule has 0 amide bonds. The summed E-state index contributed by atoms with van der Waals surface area (Å²) in [5.74, 6) is 0.665. The molecule has 0 saturated carbocycles. The number of aromatic amines is 1. The lowest BCUT2D eigenvalue weighted by atomic mass is 10.1. The molecule has 0 bridgehead atoms. The second kappa shape index (κ2) is 9.90. The van der Waals surface area contributed by atoms with Gasteiger partial charge in [-0.25, -0.2) is 24.3 Å². The van der Waals surface area contributed by atoms with Gasteiger partial charge in [-0.15, -0.1) is 0 Å². The van der Waals surface area contributed by atoms with Gasteiger partial charge >= 0.3 is 0 Å². The monoisotopic (exact) mass is 478 g/mol. The molecule has 1 aliphatic rings. The molecule has 0 spiro atoms. The normalized spacial score (nSPS) is 20.1. The number of imidazole rings is 2. The van der Waals surface area contributed by atoms with E-state index >= 15 is 0 Å². The first-order valence-electron chi connectivity index (χ1n) is 11.4. The number of ether oxygens (including phenoxy) is 2. The number of anilines is 1. The van der Waals surface area contributed by atoms with Crippen LogP contribution in [0.4, 0.5) is 10.3 Å². The standard InChI is InChI=1S/C24H27FN8O2/c1-24(26)13-34-22(35-14-24)21-31-19(16-3-5-17(25)6-4-16)20(32-21)18-7-9-29-23(30-18)28-8-2-11-33-12-10-27-15-33/h3-7,9-10,12,15,22H,2,8,11,13-14,26H2,1H3,(H,31,32)(H,28,29,30). The molecular formula is C24H27FN8O2. The Balaban J connectivity index is 1.39. The average molecular weight is 479 g/mol. The van der Waals surface area contributed by atoms with Crippen LogP contribution in [0.2, 0.25) is 0 Å². The van der Waals surface area contributed by atoms with Crippen molar-refractivity contribution in [1.29, 1.82) is 0 Å². The highest BCUT2D eigenvalue weighted by molar-refractivity contribution is 5.77. The molecule has 1 aromatic carbocycles. The Hall–Kier alpha value is -3.67. The molecule has 182 valence electrons. The molecule has 0 atom stereocenters. The van der Waals surface area contributed by atoms with Crippen molar-refractivity contribution in [2.45, 2.75) is 31.7 Å². The quantitative estimate of drug-likeness (QED) is 0.330. The van der Waals surface area contributed by atoms with E-state index in [2.05, 4.69) is 25.3 Å². The smallest absolute Gasteiger partial charge is 0.223 e. The number of nitrogens with one attached hydrogen (secondary N) is 2. The summed E-state index contributed by atoms with van der Waals surface area (Å²) >= 11 is 0. The van der Waals surface area contributed by atoms with Crippen molar-refractivity contribution in [3.05, 3.63) is 66.9 Å². The maximum Gasteiger partial charge on any atom is 0.223 e. The van der Waals surface area contributed by atoms with Crippen LogP contribution in [0.1, 0.15) is 25.5 Å². The number of hydrogen-bond acceptors (Lipinski definition) is 8. The van der Waals surface area contributed by atoms with Crippen molar-refractivity contribution in [1.82, 2.24) is 29.5 Å². The van der Waals surface area contributed by atoms with E-state index in [1.165, 1.54) is 12.1 Å². The second-order valence-electron chi connectivity index (χ2n) is 8.81. The van der Waals surface area contributed by atoms with Crippen molar-refractivity contribution >= 4 is 5.95 Å². The molecule has 1 aliphatic heterocycles. The van der Waals surface area contributed by atoms with Crippen LogP contribution < -0.4 is 11.1 Å². The summed E-state index contributed by atoms with van der Waals surface area (Å²) in [6, 6.07) is 7.94. The van der Waals surface area contributed by atoms with Gasteiger partial charge in [0.1, 0.15) is 5.82 Å². The number of nitrogens with zero attached hydrogens (tertiary/aromatic N) is 5. The van der Waals surface area contributed by atoms with Gasteiger partial charge in [-0.2, -0.15) is 0 Å². The number of aryl methyl sites for hydroxylation is 1. The molecule has 4 aromatic rings. The Morgan fingerprint density at radius 1 is 1.17 bits per heavy atom. The van der Waals surface area contributed by atoms with E-state index in [-0.39, 0.29) is 5.82 Å². The van der Waals surface area contributed by atoms with E-state index in [0.29, 0.717) is 48.6 Å². The Morgan fingerprint density at radius 2 is 1.97 bits per heavy atom. The molecule has 1 fully saturated rings. The SMILES string of the molecule is CC1(N)COC(c2nc(-c3ccc(F)cc3)c(-c3ccnc(NCCCn4ccnc4)n3)[nH]2)OC1. The number of nitrogens with two attached hydrogens (primary N) is 1. The van der Waals surface area contributed by atoms with Gasteiger partial charge in [-0.3, -0.25) is 0 Å². The highest BCUT2D eigenvalue weighted by atomic mass is 19.1. The first-order valence-corrected chi connectivity index (χ1v) is 11.4. The maximum absolute atomic E-state index is 13.6. The van der Waals surface area contributed by atoms with Gasteiger partial charge < -0.3 is 30.1 Å². The second-order valence-corrected chi connectivity index (χ2v) is 8.81. The van der Waals surface area contributed by atoms with E-state index in [9.17, 15) is 4.39 Å². The summed E-state index contributed by atoms with van der Waals surface area (Å²) in [5, 5.41) is 3.26. The molecule has 5 rings (SSSR count). The minimum Gasteiger partial charge on any atom is -0.354 e. The predicted molar refractivity (Wildman–Crippen MR) is 128 cm³/mol. The summed E-state index contributed by atoms with van der Waals surface area (Å²) in [7, 11) is 0. The van der Waals surface area contributed by atoms with Crippen LogP contribution in [0.25, 0.3) is 22.6 Å². The number of halogens is 1. The summed E-state index contributed by atoms with van der Waals surface area (Å²) in [4.78, 5) is 21.1. The number of rotatable bonds is 8. The van der Waals surface area contributed by atoms with Crippen LogP contribution in [-0.4, -0.2) is 54.8 Å². The lowest BCUT2D eigenvalue weighted by Crippen LogP contribution is -2.50. The van der Waals surface area contributed by atoms with Crippen LogP contribution in [0.5, 0.6) is 0 Å². The van der Waals surface area contributed by atoms with E-state index in [4.69, 9.17) is 20.2 Å². The first-order chi connectivity index (χ1) is 17.0. The van der Waals surface area contributed by atoms with Crippen molar-refractivity contribution in [2.24, 2.45) is 5.73 Å². The van der Waals surface area contributed by atoms with Gasteiger partial charge in [0.05, 0.1) is 42.2 Å². The van der Waals surface area contributed by atoms with E-state index < -0.39 is 11.8 Å². The molecule has 35 heavy (non-hydrogen) atoms. The summed E-state index contributed by atoms with van der Waals surface area (Å²) < 4.78 is 27.2. The molecule has 0 aliphatic carbocycles. The Morgan fingerprint density at radius 3 is 2.71 bits per heavy atom. The van der Waals surface area contributed by atoms with E-state index in [0.717, 1.165) is 18.5 Å². The van der Waals surface area contributed by atoms with Gasteiger partial charge in [-0.05, 0) is 43.7 Å². The summed E-state index contributed by atoms with van der Waals surface area (Å²) in [6.07, 6.45) is 7.35. The third kappa shape index (κ3) is 5.53. The summed E-state index contributed by atoms with van der Waals surface area (Å²) in [6.45, 7) is 4.07. The van der Waals surface area contributed by atoms with Gasteiger partial charge in [0.15, 0.2) is 5.82 Å². The van der Waals surface area contributed by atoms with Crippen LogP contribution >= 0.6 is 0 Å². The van der Waals surface area contributed by atoms with Gasteiger partial charge in [-0.1, -0.05) is 0 Å². The van der Waals surface area contributed by atoms with Crippen molar-refractivity contribution in [3.63, 3.8) is 0 Å². The molecule has 4 heterocycles. The highest BCUT2D eigenvalue weighted by Gasteiger charge is 2.32. The fourth-order valence-corrected chi connectivity index (χ4v) is 3.75. The van der Waals surface area contributed by atoms with E-state index in [1.807, 2.05) is 17.7 Å². The molecule has 11 heteroatoms. The number of benzene rings is 1. The zero-order valence-electron chi connectivity index (χ0n) is 19.3. The van der Waals surface area contributed by atoms with Gasteiger partial charge in [0, 0.05) is 37.2 Å². The first kappa shape index (κ1) is 23.1. The zero-order chi connectivity index (χ0) is 24.3. The third-order valence-corrected chi connectivity index (χ3v) is 5.54. The minimum absolute atomic E-state index is 0.323. The predicted octanol–water partition coefficient (Wildman–Crippen LogP) is 3.13. The Kier molecular flexibility index (Phi) is 6.53. The third-order valence-electron chi connectivity index (χ3n) is 5.54. The van der Waals surface area contributed by atoms with Crippen molar-refractivity contribution in [2.75, 3.05) is 25.1 Å². The lowest BCUT2D eigenvalue weighted by Gasteiger charge is -2.33. The van der Waals surface area contributed by atoms with Crippen LogP contribution in [0.15, 0.2) is 55.2 Å². The molecule has 3 aromatic heterocycles. The molecular weight excluding hydrogens is 451 g/mol. The van der Waals surface area contributed by atoms with E-state index in [1.54, 1.807) is 36.9 Å². The highest BCUT2D eigenvalue weighted by Crippen LogP contribution is 2.33. The topological polar surface area (TPSA) is 129 Å². The van der Waals surface area contributed by atoms with Crippen molar-refractivity contribution in [3.8, 4) is 22.6 Å².